The van der Waals surface area contributed by atoms with E-state index in [9.17, 15) is 18.0 Å². The normalized spacial score (nSPS) is 16.9. The summed E-state index contributed by atoms with van der Waals surface area (Å²) in [5, 5.41) is -0.358. The summed E-state index contributed by atoms with van der Waals surface area (Å²) in [7, 11) is 0. The standard InChI is InChI=1S/C18H12F3N5OS2/c19-18(20,21)17-22-7-12(29-17)16(27)26-6-5-10-13(24-8-23-10)14(26)15-25-9-3-1-2-4-11(9)28-15/h1-4,7-8,14H,5-6H2,(H,23,24)/t14-/m0/s1. The van der Waals surface area contributed by atoms with E-state index in [1.165, 1.54) is 16.2 Å². The van der Waals surface area contributed by atoms with Gasteiger partial charge in [-0.05, 0) is 12.1 Å². The molecule has 0 spiro atoms. The fourth-order valence-electron chi connectivity index (χ4n) is 3.40. The van der Waals surface area contributed by atoms with E-state index in [0.29, 0.717) is 35.0 Å². The number of amides is 1. The summed E-state index contributed by atoms with van der Waals surface area (Å²) in [6.45, 7) is 0.341. The average molecular weight is 435 g/mol. The second-order valence-corrected chi connectivity index (χ2v) is 8.56. The molecule has 3 aromatic heterocycles. The molecule has 29 heavy (non-hydrogen) atoms. The lowest BCUT2D eigenvalue weighted by molar-refractivity contribution is -0.137. The van der Waals surface area contributed by atoms with Crippen LogP contribution in [0, 0.1) is 0 Å². The molecule has 0 fully saturated rings. The number of halogens is 3. The Hall–Kier alpha value is -2.79. The Morgan fingerprint density at radius 2 is 2.03 bits per heavy atom. The predicted octanol–water partition coefficient (Wildman–Crippen LogP) is 4.28. The van der Waals surface area contributed by atoms with Gasteiger partial charge in [0.15, 0.2) is 5.01 Å². The maximum absolute atomic E-state index is 13.1. The minimum absolute atomic E-state index is 0.0533. The summed E-state index contributed by atoms with van der Waals surface area (Å²) in [5.74, 6) is -0.504. The first-order chi connectivity index (χ1) is 13.9. The number of rotatable bonds is 2. The number of thiazole rings is 2. The molecule has 148 valence electrons. The first-order valence-corrected chi connectivity index (χ1v) is 10.3. The van der Waals surface area contributed by atoms with Gasteiger partial charge >= 0.3 is 6.18 Å². The largest absolute Gasteiger partial charge is 0.443 e. The number of para-hydroxylation sites is 1. The van der Waals surface area contributed by atoms with Crippen molar-refractivity contribution in [1.82, 2.24) is 24.8 Å². The highest BCUT2D eigenvalue weighted by Gasteiger charge is 2.39. The van der Waals surface area contributed by atoms with Crippen LogP contribution < -0.4 is 0 Å². The summed E-state index contributed by atoms with van der Waals surface area (Å²) >= 11 is 1.80. The molecule has 0 radical (unpaired) electrons. The van der Waals surface area contributed by atoms with Crippen molar-refractivity contribution in [2.75, 3.05) is 6.54 Å². The molecule has 4 aromatic rings. The number of nitrogens with zero attached hydrogens (tertiary/aromatic N) is 4. The van der Waals surface area contributed by atoms with E-state index >= 15 is 0 Å². The number of hydrogen-bond acceptors (Lipinski definition) is 6. The Labute approximate surface area is 170 Å². The molecule has 1 amide bonds. The fraction of sp³-hybridized carbons (Fsp3) is 0.222. The van der Waals surface area contributed by atoms with Crippen molar-refractivity contribution < 1.29 is 18.0 Å². The highest BCUT2D eigenvalue weighted by molar-refractivity contribution is 7.18. The van der Waals surface area contributed by atoms with Crippen LogP contribution in [0.1, 0.15) is 37.1 Å². The number of aromatic nitrogens is 4. The number of carbonyl (C=O) groups excluding carboxylic acids is 1. The lowest BCUT2D eigenvalue weighted by Gasteiger charge is -2.33. The molecule has 0 saturated heterocycles. The number of H-pyrrole nitrogens is 1. The third kappa shape index (κ3) is 3.10. The topological polar surface area (TPSA) is 74.8 Å². The number of nitrogens with one attached hydrogen (secondary N) is 1. The van der Waals surface area contributed by atoms with Crippen molar-refractivity contribution in [3.8, 4) is 0 Å². The van der Waals surface area contributed by atoms with Crippen LogP contribution in [0.5, 0.6) is 0 Å². The Morgan fingerprint density at radius 1 is 1.21 bits per heavy atom. The van der Waals surface area contributed by atoms with E-state index in [4.69, 9.17) is 0 Å². The average Bonchev–Trinajstić information content (AvgIpc) is 3.44. The van der Waals surface area contributed by atoms with Crippen LogP contribution in [-0.2, 0) is 12.6 Å². The van der Waals surface area contributed by atoms with Crippen LogP contribution in [0.4, 0.5) is 13.2 Å². The summed E-state index contributed by atoms with van der Waals surface area (Å²) in [5.41, 5.74) is 2.38. The lowest BCUT2D eigenvalue weighted by atomic mass is 10.0. The molecule has 1 N–H and O–H groups in total. The first kappa shape index (κ1) is 18.3. The summed E-state index contributed by atoms with van der Waals surface area (Å²) in [6, 6.07) is 7.05. The Morgan fingerprint density at radius 3 is 2.79 bits per heavy atom. The number of fused-ring (bicyclic) bond motifs is 2. The van der Waals surface area contributed by atoms with Crippen LogP contribution in [-0.4, -0.2) is 37.3 Å². The molecule has 1 atom stereocenters. The van der Waals surface area contributed by atoms with Crippen molar-refractivity contribution >= 4 is 38.8 Å². The minimum Gasteiger partial charge on any atom is -0.348 e. The predicted molar refractivity (Wildman–Crippen MR) is 102 cm³/mol. The summed E-state index contributed by atoms with van der Waals surface area (Å²) < 4.78 is 39.7. The van der Waals surface area contributed by atoms with Gasteiger partial charge in [0.05, 0.1) is 28.4 Å². The first-order valence-electron chi connectivity index (χ1n) is 8.63. The zero-order valence-electron chi connectivity index (χ0n) is 14.6. The molecule has 6 nitrogen and oxygen atoms in total. The third-order valence-corrected chi connectivity index (χ3v) is 6.81. The van der Waals surface area contributed by atoms with Crippen molar-refractivity contribution in [2.24, 2.45) is 0 Å². The van der Waals surface area contributed by atoms with Gasteiger partial charge in [-0.1, -0.05) is 12.1 Å². The van der Waals surface area contributed by atoms with Gasteiger partial charge in [-0.25, -0.2) is 15.0 Å². The van der Waals surface area contributed by atoms with Crippen LogP contribution in [0.15, 0.2) is 36.8 Å². The lowest BCUT2D eigenvalue weighted by Crippen LogP contribution is -2.40. The summed E-state index contributed by atoms with van der Waals surface area (Å²) in [4.78, 5) is 30.1. The molecule has 5 rings (SSSR count). The van der Waals surface area contributed by atoms with Gasteiger partial charge in [0.2, 0.25) is 0 Å². The van der Waals surface area contributed by atoms with Crippen LogP contribution in [0.2, 0.25) is 0 Å². The van der Waals surface area contributed by atoms with E-state index in [2.05, 4.69) is 19.9 Å². The SMILES string of the molecule is O=C(c1cnc(C(F)(F)F)s1)N1CCc2[nH]cnc2[C@H]1c1nc2ccccc2s1. The molecule has 0 unspecified atom stereocenters. The number of carbonyl (C=O) groups is 1. The van der Waals surface area contributed by atoms with Gasteiger partial charge in [0.25, 0.3) is 5.91 Å². The van der Waals surface area contributed by atoms with Gasteiger partial charge in [-0.3, -0.25) is 4.79 Å². The summed E-state index contributed by atoms with van der Waals surface area (Å²) in [6.07, 6.45) is -1.49. The molecule has 0 bridgehead atoms. The Balaban J connectivity index is 1.57. The zero-order valence-corrected chi connectivity index (χ0v) is 16.2. The van der Waals surface area contributed by atoms with E-state index in [-0.39, 0.29) is 4.88 Å². The second kappa shape index (κ2) is 6.63. The smallest absolute Gasteiger partial charge is 0.348 e. The second-order valence-electron chi connectivity index (χ2n) is 6.46. The monoisotopic (exact) mass is 435 g/mol. The minimum atomic E-state index is -4.58. The molecule has 0 aliphatic carbocycles. The van der Waals surface area contributed by atoms with Crippen molar-refractivity contribution in [3.05, 3.63) is 63.1 Å². The van der Waals surface area contributed by atoms with Gasteiger partial charge in [-0.2, -0.15) is 13.2 Å². The molecule has 11 heteroatoms. The van der Waals surface area contributed by atoms with Crippen molar-refractivity contribution in [2.45, 2.75) is 18.6 Å². The maximum Gasteiger partial charge on any atom is 0.443 e. The van der Waals surface area contributed by atoms with Crippen molar-refractivity contribution in [3.63, 3.8) is 0 Å². The number of imidazole rings is 1. The molecule has 1 aliphatic rings. The Kier molecular flexibility index (Phi) is 4.17. The van der Waals surface area contributed by atoms with Crippen LogP contribution >= 0.6 is 22.7 Å². The van der Waals surface area contributed by atoms with Crippen LogP contribution in [0.3, 0.4) is 0 Å². The molecular weight excluding hydrogens is 423 g/mol. The fourth-order valence-corrected chi connectivity index (χ4v) is 5.22. The molecular formula is C18H12F3N5OS2. The molecule has 4 heterocycles. The zero-order chi connectivity index (χ0) is 20.2. The van der Waals surface area contributed by atoms with E-state index in [1.54, 1.807) is 6.33 Å². The molecule has 1 aromatic carbocycles. The molecule has 0 saturated carbocycles. The van der Waals surface area contributed by atoms with Crippen molar-refractivity contribution in [1.29, 1.82) is 0 Å². The number of aromatic amines is 1. The number of alkyl halides is 3. The Bertz CT molecular complexity index is 1180. The van der Waals surface area contributed by atoms with E-state index in [0.717, 1.165) is 22.1 Å². The maximum atomic E-state index is 13.1. The highest BCUT2D eigenvalue weighted by Crippen LogP contribution is 2.39. The third-order valence-electron chi connectivity index (χ3n) is 4.69. The van der Waals surface area contributed by atoms with E-state index < -0.39 is 23.1 Å². The number of benzene rings is 1. The quantitative estimate of drug-likeness (QED) is 0.510. The van der Waals surface area contributed by atoms with E-state index in [1.807, 2.05) is 24.3 Å². The van der Waals surface area contributed by atoms with Gasteiger partial charge in [-0.15, -0.1) is 22.7 Å². The van der Waals surface area contributed by atoms with Gasteiger partial charge in [0.1, 0.15) is 15.9 Å². The van der Waals surface area contributed by atoms with Gasteiger partial charge in [0, 0.05) is 18.7 Å². The molecule has 1 aliphatic heterocycles. The number of hydrogen-bond donors (Lipinski definition) is 1. The van der Waals surface area contributed by atoms with Gasteiger partial charge < -0.3 is 9.88 Å². The van der Waals surface area contributed by atoms with Crippen LogP contribution in [0.25, 0.3) is 10.2 Å². The highest BCUT2D eigenvalue weighted by atomic mass is 32.1.